The van der Waals surface area contributed by atoms with Crippen LogP contribution in [0.15, 0.2) is 48.5 Å². The maximum Gasteiger partial charge on any atom is 0.410 e. The third-order valence-corrected chi connectivity index (χ3v) is 5.02. The van der Waals surface area contributed by atoms with Gasteiger partial charge in [0.05, 0.1) is 0 Å². The molecule has 0 aromatic heterocycles. The van der Waals surface area contributed by atoms with Crippen molar-refractivity contribution in [2.24, 2.45) is 0 Å². The van der Waals surface area contributed by atoms with E-state index in [0.29, 0.717) is 18.5 Å². The quantitative estimate of drug-likeness (QED) is 0.718. The van der Waals surface area contributed by atoms with Gasteiger partial charge < -0.3 is 9.64 Å². The summed E-state index contributed by atoms with van der Waals surface area (Å²) in [5.74, 6) is 0.0629. The molecule has 1 aliphatic heterocycles. The molecule has 1 heterocycles. The minimum atomic E-state index is -0.539. The molecule has 0 unspecified atom stereocenters. The van der Waals surface area contributed by atoms with Crippen molar-refractivity contribution in [3.05, 3.63) is 71.0 Å². The van der Waals surface area contributed by atoms with Gasteiger partial charge in [0.25, 0.3) is 0 Å². The van der Waals surface area contributed by atoms with E-state index >= 15 is 0 Å². The van der Waals surface area contributed by atoms with Crippen molar-refractivity contribution in [2.45, 2.75) is 58.1 Å². The fourth-order valence-corrected chi connectivity index (χ4v) is 3.66. The van der Waals surface area contributed by atoms with Crippen molar-refractivity contribution in [3.8, 4) is 0 Å². The topological polar surface area (TPSA) is 29.5 Å². The molecule has 0 spiro atoms. The highest BCUT2D eigenvalue weighted by molar-refractivity contribution is 5.69. The molecule has 1 fully saturated rings. The highest BCUT2D eigenvalue weighted by atomic mass is 19.1. The number of hydrogen-bond donors (Lipinski definition) is 0. The van der Waals surface area contributed by atoms with E-state index in [2.05, 4.69) is 12.1 Å². The van der Waals surface area contributed by atoms with E-state index < -0.39 is 5.60 Å². The lowest BCUT2D eigenvalue weighted by atomic mass is 9.94. The van der Waals surface area contributed by atoms with Gasteiger partial charge in [-0.2, -0.15) is 0 Å². The first-order valence-electron chi connectivity index (χ1n) is 9.52. The molecule has 0 N–H and O–H groups in total. The summed E-state index contributed by atoms with van der Waals surface area (Å²) in [6.07, 6.45) is 1.18. The number of aryl methyl sites for hydroxylation is 1. The number of hydrogen-bond acceptors (Lipinski definition) is 2. The number of rotatable bonds is 3. The van der Waals surface area contributed by atoms with E-state index in [9.17, 15) is 9.18 Å². The molecule has 0 saturated carbocycles. The van der Waals surface area contributed by atoms with Crippen LogP contribution in [0.3, 0.4) is 0 Å². The van der Waals surface area contributed by atoms with Crippen molar-refractivity contribution >= 4 is 6.09 Å². The number of benzene rings is 2. The fourth-order valence-electron chi connectivity index (χ4n) is 3.66. The van der Waals surface area contributed by atoms with Crippen LogP contribution < -0.4 is 0 Å². The zero-order chi connectivity index (χ0) is 19.6. The van der Waals surface area contributed by atoms with Crippen LogP contribution in [0.25, 0.3) is 0 Å². The minimum absolute atomic E-state index is 0.00726. The summed E-state index contributed by atoms with van der Waals surface area (Å²) in [5.41, 5.74) is 2.23. The van der Waals surface area contributed by atoms with Gasteiger partial charge in [0.1, 0.15) is 11.4 Å². The molecule has 144 valence electrons. The Morgan fingerprint density at radius 3 is 2.52 bits per heavy atom. The number of nitrogens with zero attached hydrogens (tertiary/aromatic N) is 1. The molecule has 2 aromatic rings. The van der Waals surface area contributed by atoms with Crippen molar-refractivity contribution in [3.63, 3.8) is 0 Å². The van der Waals surface area contributed by atoms with Crippen molar-refractivity contribution in [2.75, 3.05) is 6.54 Å². The van der Waals surface area contributed by atoms with Gasteiger partial charge in [0, 0.05) is 18.5 Å². The van der Waals surface area contributed by atoms with E-state index in [4.69, 9.17) is 4.74 Å². The Morgan fingerprint density at radius 2 is 1.89 bits per heavy atom. The lowest BCUT2D eigenvalue weighted by molar-refractivity contribution is 0.0225. The van der Waals surface area contributed by atoms with Gasteiger partial charge in [0.2, 0.25) is 0 Å². The van der Waals surface area contributed by atoms with Gasteiger partial charge in [-0.25, -0.2) is 9.18 Å². The van der Waals surface area contributed by atoms with Crippen LogP contribution in [0.4, 0.5) is 9.18 Å². The molecule has 27 heavy (non-hydrogen) atoms. The number of carbonyl (C=O) groups excluding carboxylic acids is 1. The second-order valence-corrected chi connectivity index (χ2v) is 8.42. The first-order valence-corrected chi connectivity index (χ1v) is 9.52. The van der Waals surface area contributed by atoms with Gasteiger partial charge in [-0.3, -0.25) is 0 Å². The summed E-state index contributed by atoms with van der Waals surface area (Å²) >= 11 is 0. The minimum Gasteiger partial charge on any atom is -0.444 e. The molecule has 0 aliphatic carbocycles. The second-order valence-electron chi connectivity index (χ2n) is 8.42. The number of halogens is 1. The molecule has 2 atom stereocenters. The van der Waals surface area contributed by atoms with Crippen LogP contribution in [-0.2, 0) is 11.2 Å². The maximum atomic E-state index is 14.0. The molecule has 2 aromatic carbocycles. The standard InChI is InChI=1S/C23H28FNO2/c1-16-10-11-17(13-21(16)24)12-20-14-19(18-8-6-5-7-9-18)15-25(20)22(26)27-23(2,3)4/h5-11,13,19-20H,12,14-15H2,1-4H3/t19-,20-/m1/s1. The number of ether oxygens (including phenoxy) is 1. The molecule has 1 amide bonds. The van der Waals surface area contributed by atoms with Gasteiger partial charge in [-0.05, 0) is 63.3 Å². The van der Waals surface area contributed by atoms with Crippen LogP contribution >= 0.6 is 0 Å². The normalized spacial score (nSPS) is 20.0. The van der Waals surface area contributed by atoms with E-state index in [0.717, 1.165) is 12.0 Å². The molecular formula is C23H28FNO2. The summed E-state index contributed by atoms with van der Waals surface area (Å²) in [7, 11) is 0. The Hall–Kier alpha value is -2.36. The van der Waals surface area contributed by atoms with Crippen molar-refractivity contribution in [1.82, 2.24) is 4.90 Å². The van der Waals surface area contributed by atoms with Crippen LogP contribution in [-0.4, -0.2) is 29.2 Å². The first kappa shape index (κ1) is 19.4. The molecule has 0 radical (unpaired) electrons. The van der Waals surface area contributed by atoms with Gasteiger partial charge in [-0.1, -0.05) is 42.5 Å². The average Bonchev–Trinajstić information content (AvgIpc) is 3.01. The van der Waals surface area contributed by atoms with E-state index in [1.54, 1.807) is 19.1 Å². The zero-order valence-electron chi connectivity index (χ0n) is 16.5. The average molecular weight is 369 g/mol. The van der Waals surface area contributed by atoms with E-state index in [-0.39, 0.29) is 23.9 Å². The lowest BCUT2D eigenvalue weighted by Crippen LogP contribution is -2.40. The Bertz CT molecular complexity index is 798. The Balaban J connectivity index is 1.82. The van der Waals surface area contributed by atoms with E-state index in [1.165, 1.54) is 5.56 Å². The van der Waals surface area contributed by atoms with Gasteiger partial charge in [-0.15, -0.1) is 0 Å². The van der Waals surface area contributed by atoms with Crippen LogP contribution in [0, 0.1) is 12.7 Å². The van der Waals surface area contributed by atoms with E-state index in [1.807, 2.05) is 49.9 Å². The second kappa shape index (κ2) is 7.71. The highest BCUT2D eigenvalue weighted by Crippen LogP contribution is 2.34. The van der Waals surface area contributed by atoms with Gasteiger partial charge >= 0.3 is 6.09 Å². The predicted molar refractivity (Wildman–Crippen MR) is 105 cm³/mol. The summed E-state index contributed by atoms with van der Waals surface area (Å²) in [6.45, 7) is 8.01. The number of amides is 1. The third-order valence-electron chi connectivity index (χ3n) is 5.02. The maximum absolute atomic E-state index is 14.0. The molecule has 1 aliphatic rings. The summed E-state index contributed by atoms with van der Waals surface area (Å²) in [6, 6.07) is 15.6. The predicted octanol–water partition coefficient (Wildman–Crippen LogP) is 5.47. The summed E-state index contributed by atoms with van der Waals surface area (Å²) < 4.78 is 19.6. The van der Waals surface area contributed by atoms with Crippen LogP contribution in [0.2, 0.25) is 0 Å². The Labute approximate surface area is 161 Å². The Kier molecular flexibility index (Phi) is 5.54. The monoisotopic (exact) mass is 369 g/mol. The van der Waals surface area contributed by atoms with Crippen LogP contribution in [0.1, 0.15) is 49.8 Å². The summed E-state index contributed by atoms with van der Waals surface area (Å²) in [4.78, 5) is 14.6. The number of likely N-dealkylation sites (tertiary alicyclic amines) is 1. The van der Waals surface area contributed by atoms with Crippen molar-refractivity contribution in [1.29, 1.82) is 0 Å². The third kappa shape index (κ3) is 4.88. The lowest BCUT2D eigenvalue weighted by Gasteiger charge is -2.28. The molecule has 4 heteroatoms. The highest BCUT2D eigenvalue weighted by Gasteiger charge is 2.38. The molecule has 1 saturated heterocycles. The molecular weight excluding hydrogens is 341 g/mol. The smallest absolute Gasteiger partial charge is 0.410 e. The SMILES string of the molecule is Cc1ccc(C[C@@H]2C[C@@H](c3ccccc3)CN2C(=O)OC(C)(C)C)cc1F. The Morgan fingerprint density at radius 1 is 1.19 bits per heavy atom. The van der Waals surface area contributed by atoms with Crippen molar-refractivity contribution < 1.29 is 13.9 Å². The molecule has 3 nitrogen and oxygen atoms in total. The van der Waals surface area contributed by atoms with Gasteiger partial charge in [0.15, 0.2) is 0 Å². The van der Waals surface area contributed by atoms with Crippen LogP contribution in [0.5, 0.6) is 0 Å². The first-order chi connectivity index (χ1) is 12.7. The molecule has 3 rings (SSSR count). The fraction of sp³-hybridized carbons (Fsp3) is 0.435. The number of carbonyl (C=O) groups is 1. The molecule has 0 bridgehead atoms. The summed E-state index contributed by atoms with van der Waals surface area (Å²) in [5, 5.41) is 0. The largest absolute Gasteiger partial charge is 0.444 e. The zero-order valence-corrected chi connectivity index (χ0v) is 16.5.